The molecule has 8 nitrogen and oxygen atoms in total. The van der Waals surface area contributed by atoms with Crippen molar-refractivity contribution >= 4 is 44.3 Å². The minimum atomic E-state index is -3.68. The van der Waals surface area contributed by atoms with Gasteiger partial charge < -0.3 is 14.2 Å². The van der Waals surface area contributed by atoms with Crippen LogP contribution in [0.4, 0.5) is 5.69 Å². The van der Waals surface area contributed by atoms with Crippen molar-refractivity contribution in [2.24, 2.45) is 0 Å². The van der Waals surface area contributed by atoms with Gasteiger partial charge in [0.05, 0.1) is 36.5 Å². The fourth-order valence-corrected chi connectivity index (χ4v) is 5.55. The molecule has 0 unspecified atom stereocenters. The molecule has 1 saturated heterocycles. The molecular weight excluding hydrogens is 488 g/mol. The zero-order valence-corrected chi connectivity index (χ0v) is 21.7. The van der Waals surface area contributed by atoms with Gasteiger partial charge in [-0.05, 0) is 49.2 Å². The number of ether oxygens (including phenoxy) is 1. The van der Waals surface area contributed by atoms with E-state index in [4.69, 9.17) is 16.3 Å². The van der Waals surface area contributed by atoms with Crippen LogP contribution in [0.25, 0.3) is 11.0 Å². The highest BCUT2D eigenvalue weighted by Gasteiger charge is 2.18. The molecule has 10 heteroatoms. The number of sulfonamides is 1. The fraction of sp³-hybridized carbons (Fsp3) is 0.440. The monoisotopic (exact) mass is 518 g/mol. The molecule has 1 amide bonds. The summed E-state index contributed by atoms with van der Waals surface area (Å²) in [5, 5.41) is 0.655. The molecule has 0 radical (unpaired) electrons. The molecular formula is C25H31ClN4O4S. The van der Waals surface area contributed by atoms with E-state index in [9.17, 15) is 13.2 Å². The van der Waals surface area contributed by atoms with Gasteiger partial charge in [-0.1, -0.05) is 37.4 Å². The third-order valence-corrected chi connectivity index (χ3v) is 7.88. The summed E-state index contributed by atoms with van der Waals surface area (Å²) in [7, 11) is -3.68. The van der Waals surface area contributed by atoms with Gasteiger partial charge in [0.15, 0.2) is 0 Å². The third kappa shape index (κ3) is 6.15. The average Bonchev–Trinajstić information content (AvgIpc) is 3.14. The molecule has 4 rings (SSSR count). The predicted octanol–water partition coefficient (Wildman–Crippen LogP) is 4.13. The Bertz CT molecular complexity index is 1320. The molecule has 1 aliphatic rings. The summed E-state index contributed by atoms with van der Waals surface area (Å²) in [6.07, 6.45) is 2.23. The lowest BCUT2D eigenvalue weighted by Crippen LogP contribution is -2.36. The number of aromatic nitrogens is 2. The van der Waals surface area contributed by atoms with Gasteiger partial charge in [0.1, 0.15) is 5.82 Å². The zero-order chi connectivity index (χ0) is 25.0. The van der Waals surface area contributed by atoms with Crippen LogP contribution >= 0.6 is 11.6 Å². The van der Waals surface area contributed by atoms with Crippen molar-refractivity contribution in [3.8, 4) is 0 Å². The van der Waals surface area contributed by atoms with Crippen LogP contribution in [0.3, 0.4) is 0 Å². The number of unbranched alkanes of at least 4 members (excludes halogenated alkanes) is 2. The number of aryl methyl sites for hydroxylation is 1. The lowest BCUT2D eigenvalue weighted by Gasteiger charge is -2.29. The number of imidazole rings is 1. The number of benzene rings is 2. The number of nitrogens with zero attached hydrogens (tertiary/aromatic N) is 3. The number of anilines is 1. The highest BCUT2D eigenvalue weighted by Crippen LogP contribution is 2.27. The first kappa shape index (κ1) is 25.5. The van der Waals surface area contributed by atoms with Gasteiger partial charge >= 0.3 is 0 Å². The lowest BCUT2D eigenvalue weighted by molar-refractivity contribution is 0.0981. The van der Waals surface area contributed by atoms with Crippen molar-refractivity contribution in [3.05, 3.63) is 58.4 Å². The van der Waals surface area contributed by atoms with Gasteiger partial charge in [0.25, 0.3) is 5.91 Å². The van der Waals surface area contributed by atoms with Gasteiger partial charge in [0, 0.05) is 29.4 Å². The van der Waals surface area contributed by atoms with E-state index in [0.29, 0.717) is 31.2 Å². The molecule has 1 fully saturated rings. The molecule has 0 bridgehead atoms. The van der Waals surface area contributed by atoms with Crippen molar-refractivity contribution in [3.63, 3.8) is 0 Å². The number of hydrogen-bond donors (Lipinski definition) is 1. The highest BCUT2D eigenvalue weighted by atomic mass is 35.5. The second-order valence-electron chi connectivity index (χ2n) is 8.78. The first-order chi connectivity index (χ1) is 16.8. The van der Waals surface area contributed by atoms with Crippen LogP contribution in [-0.2, 0) is 21.3 Å². The largest absolute Gasteiger partial charge is 0.378 e. The standard InChI is InChI=1S/C25H31ClN4O4S/c1-3-4-5-14-35(32,33)28-25(31)19-7-9-23-24(15-19)30(18(2)27-23)17-20-6-8-21(16-22(20)26)29-10-12-34-13-11-29/h6-9,15-16H,3-5,10-14,17H2,1-2H3,(H,28,31). The van der Waals surface area contributed by atoms with E-state index in [2.05, 4.69) is 20.7 Å². The molecule has 2 heterocycles. The average molecular weight is 519 g/mol. The van der Waals surface area contributed by atoms with Crippen molar-refractivity contribution < 1.29 is 17.9 Å². The number of fused-ring (bicyclic) bond motifs is 1. The number of amides is 1. The van der Waals surface area contributed by atoms with E-state index in [0.717, 1.165) is 54.0 Å². The quantitative estimate of drug-likeness (QED) is 0.428. The normalized spacial score (nSPS) is 14.4. The van der Waals surface area contributed by atoms with Gasteiger partial charge in [-0.2, -0.15) is 0 Å². The number of rotatable bonds is 9. The van der Waals surface area contributed by atoms with Crippen LogP contribution in [0.2, 0.25) is 5.02 Å². The van der Waals surface area contributed by atoms with Crippen LogP contribution in [0.5, 0.6) is 0 Å². The van der Waals surface area contributed by atoms with Crippen LogP contribution in [0, 0.1) is 6.92 Å². The van der Waals surface area contributed by atoms with Gasteiger partial charge in [-0.25, -0.2) is 18.1 Å². The maximum atomic E-state index is 12.7. The molecule has 188 valence electrons. The summed E-state index contributed by atoms with van der Waals surface area (Å²) in [5.74, 6) is 0.0740. The van der Waals surface area contributed by atoms with Crippen molar-refractivity contribution in [2.75, 3.05) is 37.0 Å². The summed E-state index contributed by atoms with van der Waals surface area (Å²) in [5.41, 5.74) is 3.73. The summed E-state index contributed by atoms with van der Waals surface area (Å²) in [6.45, 7) is 7.45. The Morgan fingerprint density at radius 3 is 2.63 bits per heavy atom. The SMILES string of the molecule is CCCCCS(=O)(=O)NC(=O)c1ccc2nc(C)n(Cc3ccc(N4CCOCC4)cc3Cl)c2c1. The van der Waals surface area contributed by atoms with Gasteiger partial charge in [-0.15, -0.1) is 0 Å². The highest BCUT2D eigenvalue weighted by molar-refractivity contribution is 7.90. The van der Waals surface area contributed by atoms with Gasteiger partial charge in [-0.3, -0.25) is 4.79 Å². The molecule has 35 heavy (non-hydrogen) atoms. The van der Waals surface area contributed by atoms with Crippen molar-refractivity contribution in [1.82, 2.24) is 14.3 Å². The molecule has 1 N–H and O–H groups in total. The topological polar surface area (TPSA) is 93.5 Å². The zero-order valence-electron chi connectivity index (χ0n) is 20.1. The Morgan fingerprint density at radius 2 is 1.91 bits per heavy atom. The number of carbonyl (C=O) groups excluding carboxylic acids is 1. The van der Waals surface area contributed by atoms with E-state index in [1.54, 1.807) is 18.2 Å². The van der Waals surface area contributed by atoms with Crippen LogP contribution in [-0.4, -0.2) is 55.9 Å². The van der Waals surface area contributed by atoms with Crippen LogP contribution in [0.15, 0.2) is 36.4 Å². The van der Waals surface area contributed by atoms with E-state index < -0.39 is 15.9 Å². The maximum Gasteiger partial charge on any atom is 0.264 e. The fourth-order valence-electron chi connectivity index (χ4n) is 4.23. The molecule has 1 aliphatic heterocycles. The first-order valence-electron chi connectivity index (χ1n) is 11.9. The molecule has 3 aromatic rings. The smallest absolute Gasteiger partial charge is 0.264 e. The van der Waals surface area contributed by atoms with Crippen LogP contribution in [0.1, 0.15) is 47.9 Å². The lowest BCUT2D eigenvalue weighted by atomic mass is 10.1. The van der Waals surface area contributed by atoms with E-state index in [1.165, 1.54) is 0 Å². The molecule has 2 aromatic carbocycles. The molecule has 0 atom stereocenters. The molecule has 0 saturated carbocycles. The minimum Gasteiger partial charge on any atom is -0.378 e. The van der Waals surface area contributed by atoms with E-state index in [-0.39, 0.29) is 11.3 Å². The number of morpholine rings is 1. The Labute approximate surface area is 211 Å². The van der Waals surface area contributed by atoms with Crippen molar-refractivity contribution in [1.29, 1.82) is 0 Å². The van der Waals surface area contributed by atoms with Crippen molar-refractivity contribution in [2.45, 2.75) is 39.7 Å². The molecule has 1 aromatic heterocycles. The number of carbonyl (C=O) groups is 1. The second kappa shape index (κ2) is 11.0. The summed E-state index contributed by atoms with van der Waals surface area (Å²) in [6, 6.07) is 11.1. The summed E-state index contributed by atoms with van der Waals surface area (Å²) < 4.78 is 34.1. The van der Waals surface area contributed by atoms with Gasteiger partial charge in [0.2, 0.25) is 10.0 Å². The van der Waals surface area contributed by atoms with Crippen LogP contribution < -0.4 is 9.62 Å². The number of hydrogen-bond acceptors (Lipinski definition) is 6. The summed E-state index contributed by atoms with van der Waals surface area (Å²) >= 11 is 6.65. The number of nitrogens with one attached hydrogen (secondary N) is 1. The Morgan fingerprint density at radius 1 is 1.14 bits per heavy atom. The first-order valence-corrected chi connectivity index (χ1v) is 13.9. The Kier molecular flexibility index (Phi) is 7.98. The minimum absolute atomic E-state index is 0.0647. The summed E-state index contributed by atoms with van der Waals surface area (Å²) in [4.78, 5) is 19.6. The number of halogens is 1. The third-order valence-electron chi connectivity index (χ3n) is 6.21. The van der Waals surface area contributed by atoms with E-state index in [1.807, 2.05) is 30.5 Å². The van der Waals surface area contributed by atoms with E-state index >= 15 is 0 Å². The Balaban J connectivity index is 1.55. The maximum absolute atomic E-state index is 12.7. The molecule has 0 spiro atoms. The Hall–Kier alpha value is -2.62. The molecule has 0 aliphatic carbocycles. The second-order valence-corrected chi connectivity index (χ2v) is 11.0. The predicted molar refractivity (Wildman–Crippen MR) is 139 cm³/mol.